The Morgan fingerprint density at radius 3 is 2.85 bits per heavy atom. The Morgan fingerprint density at radius 1 is 1.18 bits per heavy atom. The molecule has 2 N–H and O–H groups in total. The molecule has 1 aromatic carbocycles. The van der Waals surface area contributed by atoms with Crippen LogP contribution in [0.5, 0.6) is 0 Å². The highest BCUT2D eigenvalue weighted by Crippen LogP contribution is 2.24. The summed E-state index contributed by atoms with van der Waals surface area (Å²) in [4.78, 5) is 11.1. The summed E-state index contributed by atoms with van der Waals surface area (Å²) >= 11 is 0. The maximum atomic E-state index is 9.05. The van der Waals surface area contributed by atoms with E-state index in [-0.39, 0.29) is 12.7 Å². The number of ether oxygens (including phenoxy) is 1. The highest BCUT2D eigenvalue weighted by Gasteiger charge is 2.10. The van der Waals surface area contributed by atoms with Crippen molar-refractivity contribution in [3.8, 4) is 11.3 Å². The normalized spacial score (nSPS) is 13.2. The number of allylic oxidation sites excluding steroid dienone is 3. The molecule has 34 heavy (non-hydrogen) atoms. The highest BCUT2D eigenvalue weighted by molar-refractivity contribution is 5.63. The molecule has 8 nitrogen and oxygen atoms in total. The molecule has 2 aromatic heterocycles. The molecule has 1 aliphatic heterocycles. The predicted octanol–water partition coefficient (Wildman–Crippen LogP) is 4.54. The van der Waals surface area contributed by atoms with Crippen molar-refractivity contribution in [2.24, 2.45) is 0 Å². The minimum absolute atomic E-state index is 0.0383. The molecule has 0 amide bonds. The average molecular weight is 459 g/mol. The summed E-state index contributed by atoms with van der Waals surface area (Å²) < 4.78 is 7.53. The van der Waals surface area contributed by atoms with Gasteiger partial charge in [0.15, 0.2) is 0 Å². The van der Waals surface area contributed by atoms with Gasteiger partial charge in [-0.15, -0.1) is 0 Å². The molecule has 0 radical (unpaired) electrons. The molecule has 0 spiro atoms. The predicted molar refractivity (Wildman–Crippen MR) is 133 cm³/mol. The van der Waals surface area contributed by atoms with Gasteiger partial charge in [0, 0.05) is 36.9 Å². The zero-order chi connectivity index (χ0) is 23.9. The van der Waals surface area contributed by atoms with Gasteiger partial charge in [0.25, 0.3) is 0 Å². The number of aliphatic hydroxyl groups is 1. The van der Waals surface area contributed by atoms with Gasteiger partial charge in [0.2, 0.25) is 5.95 Å². The van der Waals surface area contributed by atoms with Crippen LogP contribution in [-0.2, 0) is 17.8 Å². The molecule has 0 unspecified atom stereocenters. The zero-order valence-electron chi connectivity index (χ0n) is 19.7. The van der Waals surface area contributed by atoms with Crippen LogP contribution in [-0.4, -0.2) is 42.5 Å². The number of hydrogen-bond donors (Lipinski definition) is 2. The number of aromatic nitrogens is 4. The van der Waals surface area contributed by atoms with E-state index in [1.54, 1.807) is 17.1 Å². The summed E-state index contributed by atoms with van der Waals surface area (Å²) in [6, 6.07) is 8.27. The van der Waals surface area contributed by atoms with Gasteiger partial charge in [0.1, 0.15) is 5.76 Å². The van der Waals surface area contributed by atoms with E-state index in [1.165, 1.54) is 11.1 Å². The third-order valence-corrected chi connectivity index (χ3v) is 5.18. The van der Waals surface area contributed by atoms with Crippen molar-refractivity contribution < 1.29 is 9.84 Å². The lowest BCUT2D eigenvalue weighted by Crippen LogP contribution is -2.12. The van der Waals surface area contributed by atoms with Crippen molar-refractivity contribution >= 4 is 11.6 Å². The molecule has 0 saturated heterocycles. The number of aliphatic hydroxyl groups excluding tert-OH is 1. The number of aryl methyl sites for hydroxylation is 1. The fraction of sp³-hybridized carbons (Fsp3) is 0.269. The maximum Gasteiger partial charge on any atom is 0.227 e. The molecule has 0 saturated carbocycles. The van der Waals surface area contributed by atoms with Gasteiger partial charge in [-0.25, -0.2) is 9.97 Å². The summed E-state index contributed by atoms with van der Waals surface area (Å²) in [7, 11) is 0. The average Bonchev–Trinajstić information content (AvgIpc) is 3.12. The molecule has 0 aliphatic carbocycles. The van der Waals surface area contributed by atoms with Crippen LogP contribution in [0.4, 0.5) is 11.6 Å². The Hall–Kier alpha value is -3.91. The number of nitrogens with zero attached hydrogens (tertiary/aromatic N) is 5. The van der Waals surface area contributed by atoms with Crippen LogP contribution in [0.1, 0.15) is 25.0 Å². The van der Waals surface area contributed by atoms with Crippen LogP contribution in [0.3, 0.4) is 0 Å². The van der Waals surface area contributed by atoms with Crippen molar-refractivity contribution in [2.45, 2.75) is 40.0 Å². The second-order valence-corrected chi connectivity index (χ2v) is 8.32. The third kappa shape index (κ3) is 6.11. The number of rotatable bonds is 9. The topological polar surface area (TPSA) is 88.3 Å². The van der Waals surface area contributed by atoms with E-state index >= 15 is 0 Å². The molecular formula is C26H30N6O2. The van der Waals surface area contributed by atoms with E-state index in [2.05, 4.69) is 50.4 Å². The smallest absolute Gasteiger partial charge is 0.227 e. The van der Waals surface area contributed by atoms with E-state index in [0.717, 1.165) is 29.2 Å². The van der Waals surface area contributed by atoms with Crippen molar-refractivity contribution in [1.82, 2.24) is 24.6 Å². The zero-order valence-corrected chi connectivity index (χ0v) is 19.7. The van der Waals surface area contributed by atoms with E-state index in [9.17, 15) is 0 Å². The maximum absolute atomic E-state index is 9.05. The second kappa shape index (κ2) is 10.8. The van der Waals surface area contributed by atoms with Crippen molar-refractivity contribution in [3.05, 3.63) is 90.4 Å². The molecule has 0 bridgehead atoms. The first-order valence-electron chi connectivity index (χ1n) is 11.3. The molecule has 8 heteroatoms. The minimum atomic E-state index is 0.0383. The van der Waals surface area contributed by atoms with Crippen LogP contribution in [0.25, 0.3) is 11.3 Å². The highest BCUT2D eigenvalue weighted by atomic mass is 16.5. The SMILES string of the molecule is Cc1cc(-c2ccnc(Nc3cnn(CCO)c3)n2)ccc1CN1C=CC=CC(OC(C)C)=C1. The van der Waals surface area contributed by atoms with E-state index < -0.39 is 0 Å². The van der Waals surface area contributed by atoms with Crippen molar-refractivity contribution in [2.75, 3.05) is 11.9 Å². The Balaban J connectivity index is 1.48. The molecule has 0 fully saturated rings. The molecule has 0 atom stereocenters. The van der Waals surface area contributed by atoms with Gasteiger partial charge >= 0.3 is 0 Å². The first-order chi connectivity index (χ1) is 16.5. The second-order valence-electron chi connectivity index (χ2n) is 8.32. The Kier molecular flexibility index (Phi) is 7.39. The fourth-order valence-electron chi connectivity index (χ4n) is 3.59. The van der Waals surface area contributed by atoms with E-state index in [4.69, 9.17) is 9.84 Å². The Labute approximate surface area is 199 Å². The van der Waals surface area contributed by atoms with E-state index in [0.29, 0.717) is 12.5 Å². The van der Waals surface area contributed by atoms with Crippen LogP contribution in [0, 0.1) is 6.92 Å². The minimum Gasteiger partial charge on any atom is -0.489 e. The van der Waals surface area contributed by atoms with Gasteiger partial charge in [-0.05, 0) is 56.2 Å². The van der Waals surface area contributed by atoms with Gasteiger partial charge < -0.3 is 20.1 Å². The summed E-state index contributed by atoms with van der Waals surface area (Å²) in [6.07, 6.45) is 15.4. The fourth-order valence-corrected chi connectivity index (χ4v) is 3.59. The third-order valence-electron chi connectivity index (χ3n) is 5.18. The van der Waals surface area contributed by atoms with Crippen LogP contribution < -0.4 is 5.32 Å². The Morgan fingerprint density at radius 2 is 2.06 bits per heavy atom. The van der Waals surface area contributed by atoms with Gasteiger partial charge in [0.05, 0.1) is 36.8 Å². The first-order valence-corrected chi connectivity index (χ1v) is 11.3. The molecule has 4 rings (SSSR count). The summed E-state index contributed by atoms with van der Waals surface area (Å²) in [5.74, 6) is 1.34. The first kappa shape index (κ1) is 23.3. The number of benzene rings is 1. The molecule has 3 heterocycles. The number of hydrogen-bond acceptors (Lipinski definition) is 7. The molecule has 176 valence electrons. The van der Waals surface area contributed by atoms with Gasteiger partial charge in [-0.1, -0.05) is 18.2 Å². The standard InChI is InChI=1S/C26H30N6O2/c1-19(2)34-24-6-4-5-11-31(18-24)16-22-8-7-21(14-20(22)3)25-9-10-27-26(30-25)29-23-15-28-32(17-23)12-13-33/h4-11,14-15,17-19,33H,12-13,16H2,1-3H3,(H,27,29,30). The monoisotopic (exact) mass is 458 g/mol. The quantitative estimate of drug-likeness (QED) is 0.487. The van der Waals surface area contributed by atoms with E-state index in [1.807, 2.05) is 56.7 Å². The summed E-state index contributed by atoms with van der Waals surface area (Å²) in [5, 5.41) is 16.4. The lowest BCUT2D eigenvalue weighted by atomic mass is 10.0. The number of anilines is 2. The van der Waals surface area contributed by atoms with Crippen LogP contribution in [0.15, 0.2) is 79.2 Å². The largest absolute Gasteiger partial charge is 0.489 e. The molecular weight excluding hydrogens is 428 g/mol. The lowest BCUT2D eigenvalue weighted by molar-refractivity contribution is 0.153. The van der Waals surface area contributed by atoms with Gasteiger partial charge in [-0.3, -0.25) is 4.68 Å². The number of nitrogens with one attached hydrogen (secondary N) is 1. The molecule has 3 aromatic rings. The van der Waals surface area contributed by atoms with Crippen molar-refractivity contribution in [3.63, 3.8) is 0 Å². The Bertz CT molecular complexity index is 1210. The summed E-state index contributed by atoms with van der Waals surface area (Å²) in [5.41, 5.74) is 5.03. The summed E-state index contributed by atoms with van der Waals surface area (Å²) in [6.45, 7) is 7.39. The van der Waals surface area contributed by atoms with Crippen LogP contribution in [0.2, 0.25) is 0 Å². The van der Waals surface area contributed by atoms with Crippen molar-refractivity contribution in [1.29, 1.82) is 0 Å². The lowest BCUT2D eigenvalue weighted by Gasteiger charge is -2.19. The molecule has 1 aliphatic rings. The van der Waals surface area contributed by atoms with Crippen LogP contribution >= 0.6 is 0 Å². The van der Waals surface area contributed by atoms with Gasteiger partial charge in [-0.2, -0.15) is 5.10 Å².